The summed E-state index contributed by atoms with van der Waals surface area (Å²) in [6.45, 7) is 10.0. The van der Waals surface area contributed by atoms with Crippen molar-refractivity contribution < 1.29 is 4.74 Å². The van der Waals surface area contributed by atoms with Gasteiger partial charge in [0.25, 0.3) is 0 Å². The van der Waals surface area contributed by atoms with Crippen LogP contribution in [0, 0.1) is 0 Å². The van der Waals surface area contributed by atoms with Crippen molar-refractivity contribution in [3.8, 4) is 0 Å². The molecule has 2 aliphatic heterocycles. The molecule has 6 heteroatoms. The minimum atomic E-state index is 0. The Balaban J connectivity index is 0.00000220. The van der Waals surface area contributed by atoms with E-state index in [-0.39, 0.29) is 24.0 Å². The Morgan fingerprint density at radius 3 is 2.52 bits per heavy atom. The van der Waals surface area contributed by atoms with Gasteiger partial charge in [0.05, 0.1) is 19.8 Å². The zero-order valence-corrected chi connectivity index (χ0v) is 15.8. The summed E-state index contributed by atoms with van der Waals surface area (Å²) in [6.07, 6.45) is 5.13. The van der Waals surface area contributed by atoms with Crippen molar-refractivity contribution in [2.24, 2.45) is 10.7 Å². The first kappa shape index (κ1) is 19.0. The van der Waals surface area contributed by atoms with Crippen molar-refractivity contribution in [1.82, 2.24) is 9.80 Å². The van der Waals surface area contributed by atoms with E-state index in [0.29, 0.717) is 12.1 Å². The molecule has 2 N–H and O–H groups in total. The van der Waals surface area contributed by atoms with Gasteiger partial charge in [-0.15, -0.1) is 24.0 Å². The molecule has 2 aliphatic rings. The average Bonchev–Trinajstić information content (AvgIpc) is 2.74. The van der Waals surface area contributed by atoms with Gasteiger partial charge >= 0.3 is 0 Å². The van der Waals surface area contributed by atoms with Gasteiger partial charge in [-0.25, -0.2) is 0 Å². The predicted molar refractivity (Wildman–Crippen MR) is 98.4 cm³/mol. The van der Waals surface area contributed by atoms with Gasteiger partial charge < -0.3 is 15.4 Å². The number of nitrogens with zero attached hydrogens (tertiary/aromatic N) is 3. The van der Waals surface area contributed by atoms with E-state index in [0.717, 1.165) is 45.4 Å². The summed E-state index contributed by atoms with van der Waals surface area (Å²) in [6, 6.07) is 0.910. The van der Waals surface area contributed by atoms with Crippen LogP contribution in [0.25, 0.3) is 0 Å². The minimum Gasteiger partial charge on any atom is -0.379 e. The highest BCUT2D eigenvalue weighted by Crippen LogP contribution is 2.12. The number of rotatable bonds is 3. The first-order valence-electron chi connectivity index (χ1n) is 8.07. The summed E-state index contributed by atoms with van der Waals surface area (Å²) in [5.74, 6) is 0.736. The van der Waals surface area contributed by atoms with E-state index in [4.69, 9.17) is 10.5 Å². The molecule has 0 amide bonds. The van der Waals surface area contributed by atoms with Crippen LogP contribution < -0.4 is 5.73 Å². The molecule has 0 radical (unpaired) electrons. The van der Waals surface area contributed by atoms with Gasteiger partial charge in [0.1, 0.15) is 0 Å². The molecule has 2 saturated heterocycles. The molecule has 0 aromatic heterocycles. The lowest BCUT2D eigenvalue weighted by molar-refractivity contribution is -0.0166. The van der Waals surface area contributed by atoms with Crippen LogP contribution in [-0.2, 0) is 4.74 Å². The second-order valence-electron chi connectivity index (χ2n) is 6.11. The van der Waals surface area contributed by atoms with Crippen LogP contribution in [0.2, 0.25) is 0 Å². The fourth-order valence-corrected chi connectivity index (χ4v) is 3.13. The number of halogens is 1. The van der Waals surface area contributed by atoms with Crippen LogP contribution in [0.1, 0.15) is 39.5 Å². The van der Waals surface area contributed by atoms with Crippen LogP contribution in [-0.4, -0.2) is 67.2 Å². The van der Waals surface area contributed by atoms with Crippen molar-refractivity contribution >= 4 is 29.9 Å². The standard InChI is InChI=1S/C15H30N4O.HI/c1-13(19-9-10-20-12-14(19)2)11-17-15(16)18-7-5-3-4-6-8-18;/h13-14H,3-12H2,1-2H3,(H2,16,17);1H. The van der Waals surface area contributed by atoms with E-state index in [9.17, 15) is 0 Å². The van der Waals surface area contributed by atoms with Crippen molar-refractivity contribution in [2.45, 2.75) is 51.6 Å². The lowest BCUT2D eigenvalue weighted by Crippen LogP contribution is -2.49. The summed E-state index contributed by atoms with van der Waals surface area (Å²) in [4.78, 5) is 9.36. The van der Waals surface area contributed by atoms with Crippen molar-refractivity contribution in [3.63, 3.8) is 0 Å². The third-order valence-electron chi connectivity index (χ3n) is 4.43. The quantitative estimate of drug-likeness (QED) is 0.439. The normalized spacial score (nSPS) is 26.9. The molecule has 0 aromatic rings. The first-order chi connectivity index (χ1) is 9.68. The van der Waals surface area contributed by atoms with Crippen LogP contribution in [0.3, 0.4) is 0 Å². The maximum atomic E-state index is 6.16. The Morgan fingerprint density at radius 1 is 1.24 bits per heavy atom. The molecule has 0 bridgehead atoms. The summed E-state index contributed by atoms with van der Waals surface area (Å²) >= 11 is 0. The fourth-order valence-electron chi connectivity index (χ4n) is 3.13. The SMILES string of the molecule is CC(CN=C(N)N1CCCCCC1)N1CCOCC1C.I. The molecule has 2 unspecified atom stereocenters. The first-order valence-corrected chi connectivity index (χ1v) is 8.07. The summed E-state index contributed by atoms with van der Waals surface area (Å²) in [5, 5.41) is 0. The van der Waals surface area contributed by atoms with Gasteiger partial charge in [0.15, 0.2) is 5.96 Å². The molecule has 21 heavy (non-hydrogen) atoms. The van der Waals surface area contributed by atoms with E-state index in [1.165, 1.54) is 25.7 Å². The number of likely N-dealkylation sites (tertiary alicyclic amines) is 1. The van der Waals surface area contributed by atoms with Crippen molar-refractivity contribution in [2.75, 3.05) is 39.4 Å². The van der Waals surface area contributed by atoms with E-state index in [1.807, 2.05) is 0 Å². The number of morpholine rings is 1. The van der Waals surface area contributed by atoms with Crippen molar-refractivity contribution in [3.05, 3.63) is 0 Å². The molecule has 124 valence electrons. The highest BCUT2D eigenvalue weighted by atomic mass is 127. The van der Waals surface area contributed by atoms with Gasteiger partial charge in [-0.1, -0.05) is 12.8 Å². The van der Waals surface area contributed by atoms with Gasteiger partial charge in [0.2, 0.25) is 0 Å². The third-order valence-corrected chi connectivity index (χ3v) is 4.43. The van der Waals surface area contributed by atoms with Crippen LogP contribution in [0.4, 0.5) is 0 Å². The van der Waals surface area contributed by atoms with Gasteiger partial charge in [-0.2, -0.15) is 0 Å². The molecule has 2 fully saturated rings. The average molecular weight is 410 g/mol. The van der Waals surface area contributed by atoms with E-state index in [2.05, 4.69) is 28.6 Å². The zero-order chi connectivity index (χ0) is 14.4. The predicted octanol–water partition coefficient (Wildman–Crippen LogP) is 1.90. The van der Waals surface area contributed by atoms with Gasteiger partial charge in [-0.05, 0) is 26.7 Å². The molecule has 0 aliphatic carbocycles. The molecule has 5 nitrogen and oxygen atoms in total. The maximum Gasteiger partial charge on any atom is 0.191 e. The molecule has 2 atom stereocenters. The van der Waals surface area contributed by atoms with E-state index >= 15 is 0 Å². The number of guanidine groups is 1. The molecule has 0 saturated carbocycles. The molecule has 0 spiro atoms. The summed E-state index contributed by atoms with van der Waals surface area (Å²) in [7, 11) is 0. The topological polar surface area (TPSA) is 54.1 Å². The largest absolute Gasteiger partial charge is 0.379 e. The Bertz CT molecular complexity index is 319. The lowest BCUT2D eigenvalue weighted by Gasteiger charge is -2.37. The number of hydrogen-bond acceptors (Lipinski definition) is 3. The van der Waals surface area contributed by atoms with Crippen LogP contribution in [0.15, 0.2) is 4.99 Å². The number of aliphatic imine (C=N–C) groups is 1. The molecule has 2 heterocycles. The van der Waals surface area contributed by atoms with Crippen LogP contribution in [0.5, 0.6) is 0 Å². The Kier molecular flexibility index (Phi) is 8.89. The molecular weight excluding hydrogens is 379 g/mol. The second kappa shape index (κ2) is 9.84. The molecular formula is C15H31IN4O. The maximum absolute atomic E-state index is 6.16. The van der Waals surface area contributed by atoms with Gasteiger partial charge in [-0.3, -0.25) is 9.89 Å². The Hall–Kier alpha value is -0.0800. The summed E-state index contributed by atoms with van der Waals surface area (Å²) < 4.78 is 5.49. The van der Waals surface area contributed by atoms with Gasteiger partial charge in [0, 0.05) is 31.7 Å². The highest BCUT2D eigenvalue weighted by Gasteiger charge is 2.23. The lowest BCUT2D eigenvalue weighted by atomic mass is 10.2. The molecule has 0 aromatic carbocycles. The molecule has 2 rings (SSSR count). The smallest absolute Gasteiger partial charge is 0.191 e. The highest BCUT2D eigenvalue weighted by molar-refractivity contribution is 14.0. The zero-order valence-electron chi connectivity index (χ0n) is 13.5. The Morgan fingerprint density at radius 2 is 1.90 bits per heavy atom. The van der Waals surface area contributed by atoms with E-state index < -0.39 is 0 Å². The second-order valence-corrected chi connectivity index (χ2v) is 6.11. The van der Waals surface area contributed by atoms with E-state index in [1.54, 1.807) is 0 Å². The third kappa shape index (κ3) is 5.90. The van der Waals surface area contributed by atoms with Crippen LogP contribution >= 0.6 is 24.0 Å². The minimum absolute atomic E-state index is 0. The summed E-state index contributed by atoms with van der Waals surface area (Å²) in [5.41, 5.74) is 6.16. The number of ether oxygens (including phenoxy) is 1. The Labute approximate surface area is 146 Å². The van der Waals surface area contributed by atoms with Crippen molar-refractivity contribution in [1.29, 1.82) is 0 Å². The monoisotopic (exact) mass is 410 g/mol. The fraction of sp³-hybridized carbons (Fsp3) is 0.933. The number of hydrogen-bond donors (Lipinski definition) is 1. The number of nitrogens with two attached hydrogens (primary N) is 1.